The van der Waals surface area contributed by atoms with Crippen molar-refractivity contribution >= 4 is 11.7 Å². The maximum atomic E-state index is 11.6. The highest BCUT2D eigenvalue weighted by molar-refractivity contribution is 5.98. The van der Waals surface area contributed by atoms with Crippen LogP contribution in [0.15, 0.2) is 29.4 Å². The van der Waals surface area contributed by atoms with Gasteiger partial charge in [0.25, 0.3) is 5.79 Å². The molecule has 156 valence electrons. The monoisotopic (exact) mass is 393 g/mol. The van der Waals surface area contributed by atoms with E-state index in [0.717, 1.165) is 36.3 Å². The van der Waals surface area contributed by atoms with Crippen LogP contribution in [0.4, 0.5) is 0 Å². The van der Waals surface area contributed by atoms with Gasteiger partial charge in [-0.2, -0.15) is 0 Å². The van der Waals surface area contributed by atoms with Gasteiger partial charge in [0.1, 0.15) is 12.4 Å². The molecule has 0 amide bonds. The van der Waals surface area contributed by atoms with Gasteiger partial charge in [0.05, 0.1) is 32.6 Å². The lowest BCUT2D eigenvalue weighted by atomic mass is 10.0. The Hall–Kier alpha value is -2.12. The quantitative estimate of drug-likeness (QED) is 0.262. The van der Waals surface area contributed by atoms with Crippen LogP contribution in [0.2, 0.25) is 0 Å². The summed E-state index contributed by atoms with van der Waals surface area (Å²) < 4.78 is 21.2. The number of benzene rings is 1. The number of methoxy groups -OCH3 is 1. The molecule has 0 N–H and O–H groups in total. The van der Waals surface area contributed by atoms with Crippen molar-refractivity contribution in [3.05, 3.63) is 29.8 Å². The van der Waals surface area contributed by atoms with Crippen LogP contribution < -0.4 is 4.74 Å². The second-order valence-electron chi connectivity index (χ2n) is 6.89. The summed E-state index contributed by atoms with van der Waals surface area (Å²) in [6.45, 7) is 7.66. The van der Waals surface area contributed by atoms with Crippen molar-refractivity contribution in [3.63, 3.8) is 0 Å². The van der Waals surface area contributed by atoms with E-state index in [2.05, 4.69) is 5.16 Å². The van der Waals surface area contributed by atoms with Crippen molar-refractivity contribution in [1.82, 2.24) is 0 Å². The third kappa shape index (κ3) is 6.49. The van der Waals surface area contributed by atoms with Gasteiger partial charge in [-0.1, -0.05) is 5.16 Å². The highest BCUT2D eigenvalue weighted by atomic mass is 16.7. The zero-order valence-corrected chi connectivity index (χ0v) is 17.2. The molecule has 7 nitrogen and oxygen atoms in total. The van der Waals surface area contributed by atoms with Gasteiger partial charge in [0, 0.05) is 12.8 Å². The maximum absolute atomic E-state index is 11.6. The van der Waals surface area contributed by atoms with Crippen LogP contribution in [-0.2, 0) is 23.8 Å². The molecular formula is C21H31NO6. The molecule has 0 unspecified atom stereocenters. The molecule has 1 fully saturated rings. The summed E-state index contributed by atoms with van der Waals surface area (Å²) in [5, 5.41) is 4.18. The van der Waals surface area contributed by atoms with E-state index in [0.29, 0.717) is 26.4 Å². The Bertz CT molecular complexity index is 635. The van der Waals surface area contributed by atoms with Gasteiger partial charge in [-0.3, -0.25) is 0 Å². The van der Waals surface area contributed by atoms with Gasteiger partial charge in [-0.25, -0.2) is 4.79 Å². The average Bonchev–Trinajstić information content (AvgIpc) is 2.72. The van der Waals surface area contributed by atoms with Crippen molar-refractivity contribution in [2.24, 2.45) is 11.1 Å². The number of hydrogen-bond acceptors (Lipinski definition) is 7. The van der Waals surface area contributed by atoms with Crippen LogP contribution in [0.1, 0.15) is 45.6 Å². The van der Waals surface area contributed by atoms with Crippen molar-refractivity contribution in [2.75, 3.05) is 33.5 Å². The molecule has 0 spiro atoms. The van der Waals surface area contributed by atoms with Crippen LogP contribution >= 0.6 is 0 Å². The number of ether oxygens (including phenoxy) is 4. The van der Waals surface area contributed by atoms with E-state index in [1.54, 1.807) is 6.92 Å². The number of carbonyl (C=O) groups is 1. The standard InChI is InChI=1S/C21H31NO6/c1-5-25-19-11-9-18(10-12-19)16(2)22-28-13-7-6-8-17-14-26-21(3,27-15-17)20(23)24-4/h9-12,17H,5-8,13-15H2,1-4H3/b22-16-. The van der Waals surface area contributed by atoms with E-state index in [1.165, 1.54) is 7.11 Å². The van der Waals surface area contributed by atoms with Gasteiger partial charge in [-0.05, 0) is 62.9 Å². The maximum Gasteiger partial charge on any atom is 0.366 e. The first-order valence-corrected chi connectivity index (χ1v) is 9.74. The molecule has 1 saturated heterocycles. The molecule has 0 aliphatic carbocycles. The van der Waals surface area contributed by atoms with Crippen LogP contribution in [0.3, 0.4) is 0 Å². The van der Waals surface area contributed by atoms with Gasteiger partial charge < -0.3 is 23.8 Å². The number of rotatable bonds is 10. The van der Waals surface area contributed by atoms with Crippen LogP contribution in [0.5, 0.6) is 5.75 Å². The van der Waals surface area contributed by atoms with Gasteiger partial charge in [0.2, 0.25) is 0 Å². The molecule has 0 atom stereocenters. The summed E-state index contributed by atoms with van der Waals surface area (Å²) in [6.07, 6.45) is 2.82. The summed E-state index contributed by atoms with van der Waals surface area (Å²) in [4.78, 5) is 17.1. The second kappa shape index (κ2) is 11.0. The minimum atomic E-state index is -1.28. The van der Waals surface area contributed by atoms with Gasteiger partial charge in [0.15, 0.2) is 0 Å². The van der Waals surface area contributed by atoms with Crippen LogP contribution in [0, 0.1) is 5.92 Å². The molecular weight excluding hydrogens is 362 g/mol. The lowest BCUT2D eigenvalue weighted by molar-refractivity contribution is -0.272. The number of unbranched alkanes of at least 4 members (excludes halogenated alkanes) is 1. The molecule has 7 heteroatoms. The highest BCUT2D eigenvalue weighted by Gasteiger charge is 2.41. The Labute approximate surface area is 166 Å². The fraction of sp³-hybridized carbons (Fsp3) is 0.619. The smallest absolute Gasteiger partial charge is 0.366 e. The Morgan fingerprint density at radius 1 is 1.21 bits per heavy atom. The second-order valence-corrected chi connectivity index (χ2v) is 6.89. The van der Waals surface area contributed by atoms with E-state index in [9.17, 15) is 4.79 Å². The van der Waals surface area contributed by atoms with E-state index in [1.807, 2.05) is 38.1 Å². The molecule has 28 heavy (non-hydrogen) atoms. The first-order valence-electron chi connectivity index (χ1n) is 9.74. The number of hydrogen-bond donors (Lipinski definition) is 0. The molecule has 2 rings (SSSR count). The fourth-order valence-corrected chi connectivity index (χ4v) is 2.87. The minimum absolute atomic E-state index is 0.270. The largest absolute Gasteiger partial charge is 0.494 e. The molecule has 0 saturated carbocycles. The number of carbonyl (C=O) groups excluding carboxylic acids is 1. The predicted molar refractivity (Wildman–Crippen MR) is 105 cm³/mol. The first-order chi connectivity index (χ1) is 13.5. The summed E-state index contributed by atoms with van der Waals surface area (Å²) in [6, 6.07) is 7.80. The number of nitrogens with zero attached hydrogens (tertiary/aromatic N) is 1. The minimum Gasteiger partial charge on any atom is -0.494 e. The zero-order chi connectivity index (χ0) is 20.4. The Morgan fingerprint density at radius 3 is 2.50 bits per heavy atom. The lowest BCUT2D eigenvalue weighted by Crippen LogP contribution is -2.48. The lowest BCUT2D eigenvalue weighted by Gasteiger charge is -2.35. The van der Waals surface area contributed by atoms with Crippen LogP contribution in [0.25, 0.3) is 0 Å². The third-order valence-electron chi connectivity index (χ3n) is 4.63. The summed E-state index contributed by atoms with van der Waals surface area (Å²) >= 11 is 0. The van der Waals surface area contributed by atoms with E-state index < -0.39 is 11.8 Å². The first kappa shape index (κ1) is 22.2. The molecule has 0 aromatic heterocycles. The normalized spacial score (nSPS) is 22.6. The fourth-order valence-electron chi connectivity index (χ4n) is 2.87. The van der Waals surface area contributed by atoms with Gasteiger partial charge in [-0.15, -0.1) is 0 Å². The molecule has 0 radical (unpaired) electrons. The van der Waals surface area contributed by atoms with E-state index in [4.69, 9.17) is 23.8 Å². The summed E-state index contributed by atoms with van der Waals surface area (Å²) in [7, 11) is 1.33. The van der Waals surface area contributed by atoms with E-state index >= 15 is 0 Å². The molecule has 1 aromatic carbocycles. The molecule has 0 bridgehead atoms. The highest BCUT2D eigenvalue weighted by Crippen LogP contribution is 2.25. The van der Waals surface area contributed by atoms with Crippen molar-refractivity contribution in [3.8, 4) is 5.75 Å². The van der Waals surface area contributed by atoms with Crippen molar-refractivity contribution in [2.45, 2.75) is 45.8 Å². The van der Waals surface area contributed by atoms with Crippen molar-refractivity contribution < 1.29 is 28.6 Å². The summed E-state index contributed by atoms with van der Waals surface area (Å²) in [5.41, 5.74) is 1.84. The zero-order valence-electron chi connectivity index (χ0n) is 17.2. The molecule has 1 aliphatic heterocycles. The van der Waals surface area contributed by atoms with Crippen LogP contribution in [-0.4, -0.2) is 51.0 Å². The summed E-state index contributed by atoms with van der Waals surface area (Å²) in [5.74, 6) is -0.656. The molecule has 1 heterocycles. The topological polar surface area (TPSA) is 75.6 Å². The van der Waals surface area contributed by atoms with E-state index in [-0.39, 0.29) is 5.92 Å². The Morgan fingerprint density at radius 2 is 1.89 bits per heavy atom. The van der Waals surface area contributed by atoms with Crippen molar-refractivity contribution in [1.29, 1.82) is 0 Å². The number of oxime groups is 1. The Balaban J connectivity index is 1.61. The molecule has 1 aliphatic rings. The molecule has 1 aromatic rings. The number of esters is 1. The third-order valence-corrected chi connectivity index (χ3v) is 4.63. The van der Waals surface area contributed by atoms with Gasteiger partial charge >= 0.3 is 5.97 Å². The predicted octanol–water partition coefficient (Wildman–Crippen LogP) is 3.55. The average molecular weight is 393 g/mol. The SMILES string of the molecule is CCOc1ccc(/C(C)=N\OCCCCC2COC(C)(C(=O)OC)OC2)cc1. The Kier molecular flexibility index (Phi) is 8.73.